The molecular weight excluding hydrogens is 247 g/mol. The number of halogens is 1. The lowest BCUT2D eigenvalue weighted by Crippen LogP contribution is -2.15. The molecule has 0 amide bonds. The van der Waals surface area contributed by atoms with E-state index in [0.717, 1.165) is 22.7 Å². The molecule has 2 nitrogen and oxygen atoms in total. The maximum Gasteiger partial charge on any atom is 0.123 e. The number of thiazole rings is 1. The summed E-state index contributed by atoms with van der Waals surface area (Å²) in [5.41, 5.74) is 7.98. The normalized spacial score (nSPS) is 12.7. The molecule has 2 N–H and O–H groups in total. The summed E-state index contributed by atoms with van der Waals surface area (Å²) in [6, 6.07) is 6.58. The Morgan fingerprint density at radius 3 is 2.44 bits per heavy atom. The van der Waals surface area contributed by atoms with Gasteiger partial charge in [-0.1, -0.05) is 12.1 Å². The zero-order valence-corrected chi connectivity index (χ0v) is 11.4. The molecule has 0 aliphatic rings. The van der Waals surface area contributed by atoms with Crippen molar-refractivity contribution in [1.82, 2.24) is 4.98 Å². The Balaban J connectivity index is 2.16. The fourth-order valence-corrected chi connectivity index (χ4v) is 2.92. The quantitative estimate of drug-likeness (QED) is 0.921. The minimum absolute atomic E-state index is 0.204. The van der Waals surface area contributed by atoms with E-state index >= 15 is 0 Å². The summed E-state index contributed by atoms with van der Waals surface area (Å²) >= 11 is 1.72. The Morgan fingerprint density at radius 1 is 1.28 bits per heavy atom. The van der Waals surface area contributed by atoms with Crippen LogP contribution in [0.5, 0.6) is 0 Å². The highest BCUT2D eigenvalue weighted by molar-refractivity contribution is 7.11. The van der Waals surface area contributed by atoms with E-state index in [4.69, 9.17) is 5.73 Å². The van der Waals surface area contributed by atoms with Gasteiger partial charge in [0, 0.05) is 17.2 Å². The standard InChI is InChI=1S/C14H17FN2S/c1-9-10(2)18-14(17-9)7-12(8-16)11-3-5-13(15)6-4-11/h3-6,12H,7-8,16H2,1-2H3. The third-order valence-corrected chi connectivity index (χ3v) is 4.21. The van der Waals surface area contributed by atoms with Crippen molar-refractivity contribution in [2.24, 2.45) is 5.73 Å². The predicted molar refractivity (Wildman–Crippen MR) is 73.5 cm³/mol. The average molecular weight is 264 g/mol. The van der Waals surface area contributed by atoms with Crippen molar-refractivity contribution in [1.29, 1.82) is 0 Å². The zero-order chi connectivity index (χ0) is 13.1. The fraction of sp³-hybridized carbons (Fsp3) is 0.357. The van der Waals surface area contributed by atoms with Crippen molar-refractivity contribution in [3.05, 3.63) is 51.2 Å². The van der Waals surface area contributed by atoms with E-state index in [1.54, 1.807) is 23.5 Å². The summed E-state index contributed by atoms with van der Waals surface area (Å²) in [6.45, 7) is 4.64. The molecule has 1 heterocycles. The van der Waals surface area contributed by atoms with E-state index in [2.05, 4.69) is 11.9 Å². The largest absolute Gasteiger partial charge is 0.330 e. The molecule has 0 bridgehead atoms. The van der Waals surface area contributed by atoms with Crippen LogP contribution in [0, 0.1) is 19.7 Å². The third-order valence-electron chi connectivity index (χ3n) is 3.12. The summed E-state index contributed by atoms with van der Waals surface area (Å²) in [7, 11) is 0. The molecule has 1 aromatic heterocycles. The van der Waals surface area contributed by atoms with Crippen molar-refractivity contribution in [2.45, 2.75) is 26.2 Å². The maximum absolute atomic E-state index is 12.9. The van der Waals surface area contributed by atoms with Crippen molar-refractivity contribution >= 4 is 11.3 Å². The molecule has 0 saturated carbocycles. The molecule has 1 atom stereocenters. The van der Waals surface area contributed by atoms with Crippen LogP contribution in [0.1, 0.15) is 27.1 Å². The van der Waals surface area contributed by atoms with Gasteiger partial charge in [-0.3, -0.25) is 0 Å². The molecule has 1 aromatic carbocycles. The monoisotopic (exact) mass is 264 g/mol. The number of hydrogen-bond acceptors (Lipinski definition) is 3. The van der Waals surface area contributed by atoms with Crippen LogP contribution < -0.4 is 5.73 Å². The second kappa shape index (κ2) is 5.59. The maximum atomic E-state index is 12.9. The first-order valence-corrected chi connectivity index (χ1v) is 6.80. The lowest BCUT2D eigenvalue weighted by Gasteiger charge is -2.13. The molecule has 4 heteroatoms. The van der Waals surface area contributed by atoms with Crippen LogP contribution in [0.3, 0.4) is 0 Å². The minimum Gasteiger partial charge on any atom is -0.330 e. The Bertz CT molecular complexity index is 500. The number of hydrogen-bond donors (Lipinski definition) is 1. The van der Waals surface area contributed by atoms with Crippen LogP contribution in [-0.2, 0) is 6.42 Å². The number of nitrogens with two attached hydrogens (primary N) is 1. The molecule has 1 unspecified atom stereocenters. The van der Waals surface area contributed by atoms with Gasteiger partial charge in [0.25, 0.3) is 0 Å². The van der Waals surface area contributed by atoms with Gasteiger partial charge in [0.05, 0.1) is 10.7 Å². The van der Waals surface area contributed by atoms with Gasteiger partial charge in [-0.05, 0) is 38.1 Å². The van der Waals surface area contributed by atoms with Crippen molar-refractivity contribution in [3.8, 4) is 0 Å². The number of benzene rings is 1. The SMILES string of the molecule is Cc1nc(CC(CN)c2ccc(F)cc2)sc1C. The van der Waals surface area contributed by atoms with Crippen molar-refractivity contribution in [2.75, 3.05) is 6.54 Å². The molecule has 96 valence electrons. The van der Waals surface area contributed by atoms with Crippen molar-refractivity contribution in [3.63, 3.8) is 0 Å². The summed E-state index contributed by atoms with van der Waals surface area (Å²) < 4.78 is 12.9. The van der Waals surface area contributed by atoms with Crippen LogP contribution in [0.25, 0.3) is 0 Å². The third kappa shape index (κ3) is 2.94. The molecule has 18 heavy (non-hydrogen) atoms. The molecule has 0 saturated heterocycles. The Morgan fingerprint density at radius 2 is 1.94 bits per heavy atom. The molecule has 0 fully saturated rings. The Kier molecular flexibility index (Phi) is 4.09. The number of aryl methyl sites for hydroxylation is 2. The first-order valence-electron chi connectivity index (χ1n) is 5.98. The zero-order valence-electron chi connectivity index (χ0n) is 10.6. The van der Waals surface area contributed by atoms with E-state index in [9.17, 15) is 4.39 Å². The van der Waals surface area contributed by atoms with E-state index in [-0.39, 0.29) is 11.7 Å². The van der Waals surface area contributed by atoms with Crippen LogP contribution in [0.4, 0.5) is 4.39 Å². The number of aromatic nitrogens is 1. The van der Waals surface area contributed by atoms with Gasteiger partial charge >= 0.3 is 0 Å². The summed E-state index contributed by atoms with van der Waals surface area (Å²) in [6.07, 6.45) is 0.821. The van der Waals surface area contributed by atoms with Gasteiger partial charge < -0.3 is 5.73 Å². The van der Waals surface area contributed by atoms with Gasteiger partial charge in [-0.2, -0.15) is 0 Å². The van der Waals surface area contributed by atoms with Gasteiger partial charge in [-0.15, -0.1) is 11.3 Å². The van der Waals surface area contributed by atoms with Crippen LogP contribution in [0.15, 0.2) is 24.3 Å². The van der Waals surface area contributed by atoms with E-state index < -0.39 is 0 Å². The lowest BCUT2D eigenvalue weighted by atomic mass is 9.96. The fourth-order valence-electron chi connectivity index (χ4n) is 1.91. The van der Waals surface area contributed by atoms with Crippen molar-refractivity contribution < 1.29 is 4.39 Å². The number of nitrogens with zero attached hydrogens (tertiary/aromatic N) is 1. The first kappa shape index (κ1) is 13.2. The smallest absolute Gasteiger partial charge is 0.123 e. The van der Waals surface area contributed by atoms with E-state index in [1.165, 1.54) is 17.0 Å². The van der Waals surface area contributed by atoms with Gasteiger partial charge in [-0.25, -0.2) is 9.37 Å². The lowest BCUT2D eigenvalue weighted by molar-refractivity contribution is 0.623. The Labute approximate surface area is 111 Å². The van der Waals surface area contributed by atoms with Crippen LogP contribution in [-0.4, -0.2) is 11.5 Å². The molecule has 0 aliphatic carbocycles. The highest BCUT2D eigenvalue weighted by Crippen LogP contribution is 2.24. The Hall–Kier alpha value is -1.26. The van der Waals surface area contributed by atoms with Crippen LogP contribution in [0.2, 0.25) is 0 Å². The highest BCUT2D eigenvalue weighted by Gasteiger charge is 2.14. The van der Waals surface area contributed by atoms with Gasteiger partial charge in [0.1, 0.15) is 5.82 Å². The first-order chi connectivity index (χ1) is 8.60. The summed E-state index contributed by atoms with van der Waals surface area (Å²) in [5, 5.41) is 1.10. The molecule has 0 aliphatic heterocycles. The molecule has 0 spiro atoms. The number of rotatable bonds is 4. The summed E-state index contributed by atoms with van der Waals surface area (Å²) in [5.74, 6) is -0.00833. The van der Waals surface area contributed by atoms with Gasteiger partial charge in [0.15, 0.2) is 0 Å². The minimum atomic E-state index is -0.213. The van der Waals surface area contributed by atoms with Gasteiger partial charge in [0.2, 0.25) is 0 Å². The van der Waals surface area contributed by atoms with E-state index in [1.807, 2.05) is 6.92 Å². The summed E-state index contributed by atoms with van der Waals surface area (Å²) in [4.78, 5) is 5.78. The molecule has 2 aromatic rings. The van der Waals surface area contributed by atoms with E-state index in [0.29, 0.717) is 6.54 Å². The second-order valence-electron chi connectivity index (χ2n) is 4.44. The molecule has 0 radical (unpaired) electrons. The predicted octanol–water partition coefficient (Wildman–Crippen LogP) is 3.18. The second-order valence-corrected chi connectivity index (χ2v) is 5.73. The molecule has 2 rings (SSSR count). The highest BCUT2D eigenvalue weighted by atomic mass is 32.1. The topological polar surface area (TPSA) is 38.9 Å². The van der Waals surface area contributed by atoms with Crippen LogP contribution >= 0.6 is 11.3 Å². The average Bonchev–Trinajstić information content (AvgIpc) is 2.67. The molecular formula is C14H17FN2S.